The van der Waals surface area contributed by atoms with Gasteiger partial charge < -0.3 is 13.9 Å². The van der Waals surface area contributed by atoms with Crippen molar-refractivity contribution in [2.24, 2.45) is 0 Å². The molecular formula is C27H17ClF4O5. The first-order chi connectivity index (χ1) is 17.4. The second-order valence-electron chi connectivity index (χ2n) is 8.01. The summed E-state index contributed by atoms with van der Waals surface area (Å²) in [6.07, 6.45) is -3.07. The van der Waals surface area contributed by atoms with Gasteiger partial charge in [0, 0.05) is 17.7 Å². The highest BCUT2D eigenvalue weighted by Crippen LogP contribution is 2.39. The van der Waals surface area contributed by atoms with Crippen LogP contribution in [0.2, 0.25) is 5.02 Å². The Kier molecular flexibility index (Phi) is 7.09. The fourth-order valence-electron chi connectivity index (χ4n) is 3.40. The number of carbonyl (C=O) groups excluding carboxylic acids is 1. The van der Waals surface area contributed by atoms with Gasteiger partial charge in [-0.1, -0.05) is 29.8 Å². The van der Waals surface area contributed by atoms with Crippen LogP contribution in [0.15, 0.2) is 69.9 Å². The lowest BCUT2D eigenvalue weighted by Gasteiger charge is -2.15. The highest BCUT2D eigenvalue weighted by atomic mass is 35.5. The molecule has 190 valence electrons. The van der Waals surface area contributed by atoms with Crippen LogP contribution >= 0.6 is 11.6 Å². The summed E-state index contributed by atoms with van der Waals surface area (Å²) >= 11 is 5.90. The van der Waals surface area contributed by atoms with Crippen molar-refractivity contribution in [2.45, 2.75) is 20.0 Å². The van der Waals surface area contributed by atoms with Gasteiger partial charge in [0.1, 0.15) is 22.9 Å². The number of esters is 1. The van der Waals surface area contributed by atoms with Crippen LogP contribution in [0.3, 0.4) is 0 Å². The Morgan fingerprint density at radius 2 is 1.81 bits per heavy atom. The monoisotopic (exact) mass is 532 g/mol. The SMILES string of the molecule is Cc1ccc(C)c(Oc2c(C(F)(F)F)oc3cc(OC(=O)C=Cc4c(F)cccc4Cl)ccc3c2=O)c1. The second kappa shape index (κ2) is 10.1. The summed E-state index contributed by atoms with van der Waals surface area (Å²) in [6.45, 7) is 3.35. The van der Waals surface area contributed by atoms with E-state index in [0.29, 0.717) is 5.56 Å². The molecule has 5 nitrogen and oxygen atoms in total. The molecule has 0 spiro atoms. The minimum absolute atomic E-state index is 0.0446. The lowest BCUT2D eigenvalue weighted by molar-refractivity contribution is -0.154. The van der Waals surface area contributed by atoms with Crippen molar-refractivity contribution in [3.63, 3.8) is 0 Å². The third-order valence-electron chi connectivity index (χ3n) is 5.24. The first kappa shape index (κ1) is 26.0. The molecule has 0 amide bonds. The molecule has 0 saturated heterocycles. The number of benzene rings is 3. The molecule has 0 saturated carbocycles. The standard InChI is InChI=1S/C27H17ClF4O5/c1-14-6-7-15(2)21(12-14)36-25-24(34)18-9-8-16(13-22(18)37-26(25)27(30,31)32)35-23(33)11-10-17-19(28)4-3-5-20(17)29/h3-13H,1-2H3. The minimum atomic E-state index is -5.06. The molecule has 10 heteroatoms. The van der Waals surface area contributed by atoms with E-state index in [1.807, 2.05) is 0 Å². The summed E-state index contributed by atoms with van der Waals surface area (Å²) in [5, 5.41) is -0.156. The second-order valence-corrected chi connectivity index (χ2v) is 8.41. The van der Waals surface area contributed by atoms with Gasteiger partial charge in [0.05, 0.1) is 10.4 Å². The van der Waals surface area contributed by atoms with Crippen molar-refractivity contribution in [1.29, 1.82) is 0 Å². The van der Waals surface area contributed by atoms with Crippen LogP contribution in [0.4, 0.5) is 17.6 Å². The number of ether oxygens (including phenoxy) is 2. The van der Waals surface area contributed by atoms with Crippen LogP contribution in [0.1, 0.15) is 22.5 Å². The van der Waals surface area contributed by atoms with Gasteiger partial charge in [0.15, 0.2) is 0 Å². The van der Waals surface area contributed by atoms with Crippen molar-refractivity contribution in [1.82, 2.24) is 0 Å². The van der Waals surface area contributed by atoms with E-state index in [4.69, 9.17) is 25.5 Å². The van der Waals surface area contributed by atoms with Crippen molar-refractivity contribution >= 4 is 34.6 Å². The molecule has 37 heavy (non-hydrogen) atoms. The molecule has 4 rings (SSSR count). The highest BCUT2D eigenvalue weighted by Gasteiger charge is 2.40. The molecule has 0 N–H and O–H groups in total. The smallest absolute Gasteiger partial charge is 0.449 e. The average Bonchev–Trinajstić information content (AvgIpc) is 2.82. The average molecular weight is 533 g/mol. The van der Waals surface area contributed by atoms with E-state index in [0.717, 1.165) is 35.9 Å². The predicted molar refractivity (Wildman–Crippen MR) is 130 cm³/mol. The Hall–Kier alpha value is -4.11. The number of fused-ring (bicyclic) bond motifs is 1. The largest absolute Gasteiger partial charge is 0.453 e. The van der Waals surface area contributed by atoms with E-state index >= 15 is 0 Å². The Bertz CT molecular complexity index is 1590. The summed E-state index contributed by atoms with van der Waals surface area (Å²) in [4.78, 5) is 25.2. The summed E-state index contributed by atoms with van der Waals surface area (Å²) in [7, 11) is 0. The zero-order valence-corrected chi connectivity index (χ0v) is 20.0. The maximum atomic E-state index is 13.9. The number of hydrogen-bond donors (Lipinski definition) is 0. The summed E-state index contributed by atoms with van der Waals surface area (Å²) in [5.41, 5.74) is -0.336. The van der Waals surface area contributed by atoms with Gasteiger partial charge in [-0.05, 0) is 61.4 Å². The molecule has 0 fully saturated rings. The van der Waals surface area contributed by atoms with Gasteiger partial charge in [-0.3, -0.25) is 4.79 Å². The molecule has 0 aliphatic rings. The van der Waals surface area contributed by atoms with Crippen LogP contribution in [0.25, 0.3) is 17.0 Å². The molecule has 0 aliphatic heterocycles. The van der Waals surface area contributed by atoms with Gasteiger partial charge in [-0.25, -0.2) is 9.18 Å². The van der Waals surface area contributed by atoms with Crippen molar-refractivity contribution in [2.75, 3.05) is 0 Å². The van der Waals surface area contributed by atoms with E-state index in [2.05, 4.69) is 0 Å². The fraction of sp³-hybridized carbons (Fsp3) is 0.111. The Balaban J connectivity index is 1.69. The molecule has 0 bridgehead atoms. The topological polar surface area (TPSA) is 65.7 Å². The molecule has 4 aromatic rings. The van der Waals surface area contributed by atoms with Crippen LogP contribution in [-0.4, -0.2) is 5.97 Å². The van der Waals surface area contributed by atoms with E-state index in [-0.39, 0.29) is 27.5 Å². The fourth-order valence-corrected chi connectivity index (χ4v) is 3.62. The molecule has 0 unspecified atom stereocenters. The third kappa shape index (κ3) is 5.67. The van der Waals surface area contributed by atoms with Gasteiger partial charge >= 0.3 is 12.1 Å². The molecule has 1 aromatic heterocycles. The molecule has 1 heterocycles. The molecular weight excluding hydrogens is 516 g/mol. The number of carbonyl (C=O) groups is 1. The number of halogens is 5. The summed E-state index contributed by atoms with van der Waals surface area (Å²) in [5.74, 6) is -4.41. The maximum absolute atomic E-state index is 13.9. The third-order valence-corrected chi connectivity index (χ3v) is 5.57. The van der Waals surface area contributed by atoms with E-state index in [1.54, 1.807) is 26.0 Å². The normalized spacial score (nSPS) is 11.8. The molecule has 0 aliphatic carbocycles. The van der Waals surface area contributed by atoms with E-state index in [9.17, 15) is 27.2 Å². The predicted octanol–water partition coefficient (Wildman–Crippen LogP) is 7.63. The van der Waals surface area contributed by atoms with Crippen LogP contribution in [0, 0.1) is 19.7 Å². The lowest BCUT2D eigenvalue weighted by Crippen LogP contribution is -2.16. The Morgan fingerprint density at radius 3 is 2.51 bits per heavy atom. The number of hydrogen-bond acceptors (Lipinski definition) is 5. The van der Waals surface area contributed by atoms with E-state index in [1.165, 1.54) is 24.3 Å². The quantitative estimate of drug-likeness (QED) is 0.114. The lowest BCUT2D eigenvalue weighted by atomic mass is 10.1. The van der Waals surface area contributed by atoms with Crippen LogP contribution in [0.5, 0.6) is 17.2 Å². The number of rotatable bonds is 5. The van der Waals surface area contributed by atoms with Gasteiger partial charge in [-0.2, -0.15) is 13.2 Å². The van der Waals surface area contributed by atoms with Crippen molar-refractivity contribution < 1.29 is 36.2 Å². The van der Waals surface area contributed by atoms with Crippen molar-refractivity contribution in [3.05, 3.63) is 104 Å². The van der Waals surface area contributed by atoms with Gasteiger partial charge in [0.2, 0.25) is 11.2 Å². The molecule has 3 aromatic carbocycles. The number of aryl methyl sites for hydroxylation is 2. The first-order valence-corrected chi connectivity index (χ1v) is 11.1. The summed E-state index contributed by atoms with van der Waals surface area (Å²) in [6, 6.07) is 12.2. The summed E-state index contributed by atoms with van der Waals surface area (Å²) < 4.78 is 70.9. The van der Waals surface area contributed by atoms with Crippen LogP contribution in [-0.2, 0) is 11.0 Å². The Labute approximate surface area is 212 Å². The minimum Gasteiger partial charge on any atom is -0.449 e. The molecule has 0 atom stereocenters. The van der Waals surface area contributed by atoms with E-state index < -0.39 is 40.5 Å². The van der Waals surface area contributed by atoms with Gasteiger partial charge in [-0.15, -0.1) is 0 Å². The zero-order valence-electron chi connectivity index (χ0n) is 19.3. The first-order valence-electron chi connectivity index (χ1n) is 10.7. The highest BCUT2D eigenvalue weighted by molar-refractivity contribution is 6.32. The molecule has 0 radical (unpaired) electrons. The zero-order chi connectivity index (χ0) is 26.9. The van der Waals surface area contributed by atoms with Gasteiger partial charge in [0.25, 0.3) is 5.76 Å². The van der Waals surface area contributed by atoms with Crippen LogP contribution < -0.4 is 14.9 Å². The maximum Gasteiger partial charge on any atom is 0.453 e. The van der Waals surface area contributed by atoms with Crippen molar-refractivity contribution in [3.8, 4) is 17.2 Å². The Morgan fingerprint density at radius 1 is 1.05 bits per heavy atom. The number of alkyl halides is 3.